The smallest absolute Gasteiger partial charge is 0.410 e. The van der Waals surface area contributed by atoms with Crippen LogP contribution in [0.4, 0.5) is 4.79 Å². The molecule has 5 aromatic rings. The lowest BCUT2D eigenvalue weighted by Crippen LogP contribution is -2.43. The first-order chi connectivity index (χ1) is 28.2. The van der Waals surface area contributed by atoms with Crippen LogP contribution >= 0.6 is 0 Å². The molecule has 1 heterocycles. The Bertz CT molecular complexity index is 2170. The molecular weight excluding hydrogens is 737 g/mol. The molecule has 0 saturated carbocycles. The van der Waals surface area contributed by atoms with Gasteiger partial charge in [-0.1, -0.05) is 78.9 Å². The van der Waals surface area contributed by atoms with Crippen molar-refractivity contribution >= 4 is 18.0 Å². The molecule has 11 heteroatoms. The van der Waals surface area contributed by atoms with E-state index in [2.05, 4.69) is 24.3 Å². The number of rotatable bonds is 16. The molecule has 0 aromatic heterocycles. The molecule has 0 radical (unpaired) electrons. The van der Waals surface area contributed by atoms with E-state index in [1.54, 1.807) is 46.2 Å². The summed E-state index contributed by atoms with van der Waals surface area (Å²) in [7, 11) is 1.50. The number of hydrogen-bond acceptors (Lipinski definition) is 8. The maximum absolute atomic E-state index is 14.5. The fourth-order valence-electron chi connectivity index (χ4n) is 8.03. The molecule has 300 valence electrons. The van der Waals surface area contributed by atoms with Crippen LogP contribution in [0.15, 0.2) is 115 Å². The van der Waals surface area contributed by atoms with Crippen LogP contribution in [0.3, 0.4) is 0 Å². The maximum atomic E-state index is 14.5. The highest BCUT2D eigenvalue weighted by atomic mass is 16.6. The number of carboxylic acid groups (broad SMARTS) is 1. The summed E-state index contributed by atoms with van der Waals surface area (Å²) in [5.74, 6) is 0.197. The maximum Gasteiger partial charge on any atom is 0.410 e. The number of methoxy groups -OCH3 is 1. The van der Waals surface area contributed by atoms with E-state index in [0.717, 1.165) is 27.8 Å². The van der Waals surface area contributed by atoms with Crippen LogP contribution in [0.5, 0.6) is 17.2 Å². The summed E-state index contributed by atoms with van der Waals surface area (Å²) in [4.78, 5) is 43.3. The Kier molecular flexibility index (Phi) is 12.6. The van der Waals surface area contributed by atoms with Crippen LogP contribution in [0, 0.1) is 6.92 Å². The Morgan fingerprint density at radius 3 is 2.19 bits per heavy atom. The molecule has 11 nitrogen and oxygen atoms in total. The van der Waals surface area contributed by atoms with Crippen LogP contribution in [0.1, 0.15) is 63.4 Å². The molecule has 0 bridgehead atoms. The summed E-state index contributed by atoms with van der Waals surface area (Å²) >= 11 is 0. The summed E-state index contributed by atoms with van der Waals surface area (Å²) in [6.07, 6.45) is 0.177. The summed E-state index contributed by atoms with van der Waals surface area (Å²) in [6.45, 7) is 2.35. The number of benzene rings is 5. The number of aliphatic carboxylic acids is 1. The fourth-order valence-corrected chi connectivity index (χ4v) is 8.03. The minimum atomic E-state index is -0.913. The standard InChI is InChI=1S/C47H48N2O9/c1-31-12-10-15-36(22-31)57-29-35-24-34(26-49(35)47(54)58-30-43-40-18-8-6-16-38(40)39-17-7-9-19-41(39)43)48(46(53)32-13-4-3-5-14-32)27-42-33(28-50)23-37(25-44(42)55-2)56-21-11-20-45(51)52/h3-10,12-19,22-23,25,34-35,43,50H,11,20-21,24,26-30H2,1-2H3,(H,51,52)/t34-,35+/m1/s1. The van der Waals surface area contributed by atoms with E-state index in [4.69, 9.17) is 24.1 Å². The van der Waals surface area contributed by atoms with Crippen LogP contribution in [-0.4, -0.2) is 83.5 Å². The van der Waals surface area contributed by atoms with E-state index >= 15 is 0 Å². The largest absolute Gasteiger partial charge is 0.496 e. The number of amides is 2. The van der Waals surface area contributed by atoms with E-state index in [1.807, 2.05) is 61.5 Å². The topological polar surface area (TPSA) is 135 Å². The summed E-state index contributed by atoms with van der Waals surface area (Å²) in [6, 6.07) is 35.5. The van der Waals surface area contributed by atoms with Gasteiger partial charge in [0.2, 0.25) is 0 Å². The molecule has 1 aliphatic heterocycles. The molecule has 7 rings (SSSR count). The Morgan fingerprint density at radius 2 is 1.52 bits per heavy atom. The van der Waals surface area contributed by atoms with E-state index in [9.17, 15) is 19.5 Å². The van der Waals surface area contributed by atoms with Crippen molar-refractivity contribution in [2.24, 2.45) is 0 Å². The predicted octanol–water partition coefficient (Wildman–Crippen LogP) is 7.85. The lowest BCUT2D eigenvalue weighted by molar-refractivity contribution is -0.137. The lowest BCUT2D eigenvalue weighted by atomic mass is 9.98. The van der Waals surface area contributed by atoms with Gasteiger partial charge in [0.05, 0.1) is 39.0 Å². The summed E-state index contributed by atoms with van der Waals surface area (Å²) < 4.78 is 24.1. The SMILES string of the molecule is COc1cc(OCCCC(=O)O)cc(CO)c1CN(C(=O)c1ccccc1)[C@@H]1C[C@@H](COc2cccc(C)c2)N(C(=O)OCC2c3ccccc3-c3ccccc32)C1. The number of likely N-dealkylation sites (tertiary alicyclic amines) is 1. The van der Waals surface area contributed by atoms with Crippen LogP contribution in [-0.2, 0) is 22.7 Å². The van der Waals surface area contributed by atoms with Gasteiger partial charge in [0.15, 0.2) is 0 Å². The molecule has 58 heavy (non-hydrogen) atoms. The number of aliphatic hydroxyl groups excluding tert-OH is 1. The number of hydrogen-bond donors (Lipinski definition) is 2. The number of carboxylic acids is 1. The number of nitrogens with zero attached hydrogens (tertiary/aromatic N) is 2. The number of carbonyl (C=O) groups excluding carboxylic acids is 2. The molecule has 2 amide bonds. The first-order valence-electron chi connectivity index (χ1n) is 19.6. The second kappa shape index (κ2) is 18.3. The van der Waals surface area contributed by atoms with Crippen molar-refractivity contribution in [1.82, 2.24) is 9.80 Å². The molecule has 1 aliphatic carbocycles. The number of aryl methyl sites for hydroxylation is 1. The normalized spacial score (nSPS) is 15.7. The molecule has 0 spiro atoms. The zero-order valence-corrected chi connectivity index (χ0v) is 32.7. The van der Waals surface area contributed by atoms with E-state index in [0.29, 0.717) is 46.8 Å². The average molecular weight is 785 g/mol. The molecule has 2 atom stereocenters. The predicted molar refractivity (Wildman–Crippen MR) is 218 cm³/mol. The minimum Gasteiger partial charge on any atom is -0.496 e. The van der Waals surface area contributed by atoms with Crippen LogP contribution in [0.2, 0.25) is 0 Å². The fraction of sp³-hybridized carbons (Fsp3) is 0.298. The van der Waals surface area contributed by atoms with Crippen LogP contribution < -0.4 is 14.2 Å². The molecule has 5 aromatic carbocycles. The first kappa shape index (κ1) is 39.9. The highest BCUT2D eigenvalue weighted by Crippen LogP contribution is 2.45. The second-order valence-corrected chi connectivity index (χ2v) is 14.7. The number of carbonyl (C=O) groups is 3. The van der Waals surface area contributed by atoms with E-state index in [-0.39, 0.29) is 57.8 Å². The Labute approximate surface area is 338 Å². The first-order valence-corrected chi connectivity index (χ1v) is 19.6. The lowest BCUT2D eigenvalue weighted by Gasteiger charge is -2.31. The third-order valence-corrected chi connectivity index (χ3v) is 10.9. The molecule has 0 unspecified atom stereocenters. The van der Waals surface area contributed by atoms with Crippen molar-refractivity contribution in [3.63, 3.8) is 0 Å². The van der Waals surface area contributed by atoms with Crippen molar-refractivity contribution in [1.29, 1.82) is 0 Å². The van der Waals surface area contributed by atoms with Gasteiger partial charge in [-0.2, -0.15) is 0 Å². The van der Waals surface area contributed by atoms with Gasteiger partial charge in [0, 0.05) is 36.1 Å². The average Bonchev–Trinajstić information content (AvgIpc) is 3.82. The zero-order valence-electron chi connectivity index (χ0n) is 32.7. The molecule has 2 N–H and O–H groups in total. The van der Waals surface area contributed by atoms with Crippen molar-refractivity contribution in [3.8, 4) is 28.4 Å². The Balaban J connectivity index is 1.17. The van der Waals surface area contributed by atoms with Crippen LogP contribution in [0.25, 0.3) is 11.1 Å². The minimum absolute atomic E-state index is 0.0376. The van der Waals surface area contributed by atoms with E-state index in [1.165, 1.54) is 7.11 Å². The van der Waals surface area contributed by atoms with Gasteiger partial charge < -0.3 is 34.1 Å². The third kappa shape index (κ3) is 8.95. The molecule has 1 fully saturated rings. The Hall–Kier alpha value is -6.33. The van der Waals surface area contributed by atoms with Gasteiger partial charge in [-0.25, -0.2) is 4.79 Å². The number of fused-ring (bicyclic) bond motifs is 3. The monoisotopic (exact) mass is 784 g/mol. The van der Waals surface area contributed by atoms with Gasteiger partial charge in [0.25, 0.3) is 5.91 Å². The van der Waals surface area contributed by atoms with Crippen molar-refractivity contribution in [2.75, 3.05) is 33.5 Å². The highest BCUT2D eigenvalue weighted by Gasteiger charge is 2.42. The van der Waals surface area contributed by atoms with Gasteiger partial charge in [-0.05, 0) is 83.5 Å². The van der Waals surface area contributed by atoms with Crippen molar-refractivity contribution < 1.29 is 43.5 Å². The number of aliphatic hydroxyl groups is 1. The van der Waals surface area contributed by atoms with Crippen molar-refractivity contribution in [3.05, 3.63) is 149 Å². The van der Waals surface area contributed by atoms with Crippen molar-refractivity contribution in [2.45, 2.75) is 57.3 Å². The summed E-state index contributed by atoms with van der Waals surface area (Å²) in [5, 5.41) is 19.6. The second-order valence-electron chi connectivity index (χ2n) is 14.7. The van der Waals surface area contributed by atoms with Gasteiger partial charge in [-0.15, -0.1) is 0 Å². The zero-order chi connectivity index (χ0) is 40.6. The third-order valence-electron chi connectivity index (χ3n) is 10.9. The number of ether oxygens (including phenoxy) is 4. The Morgan fingerprint density at radius 1 is 0.810 bits per heavy atom. The highest BCUT2D eigenvalue weighted by molar-refractivity contribution is 5.94. The summed E-state index contributed by atoms with van der Waals surface area (Å²) in [5.41, 5.74) is 7.08. The van der Waals surface area contributed by atoms with Gasteiger partial charge in [0.1, 0.15) is 30.5 Å². The van der Waals surface area contributed by atoms with Gasteiger partial charge in [-0.3, -0.25) is 14.5 Å². The quantitative estimate of drug-likeness (QED) is 0.0960. The van der Waals surface area contributed by atoms with E-state index < -0.39 is 24.1 Å². The molecular formula is C47H48N2O9. The van der Waals surface area contributed by atoms with Gasteiger partial charge >= 0.3 is 12.1 Å². The molecule has 1 saturated heterocycles. The molecule has 2 aliphatic rings.